The second kappa shape index (κ2) is 8.07. The van der Waals surface area contributed by atoms with Crippen LogP contribution >= 0.6 is 0 Å². The Kier molecular flexibility index (Phi) is 5.60. The van der Waals surface area contributed by atoms with E-state index in [0.717, 1.165) is 30.4 Å². The maximum atomic E-state index is 12.3. The maximum Gasteiger partial charge on any atom is 0.308 e. The van der Waals surface area contributed by atoms with Gasteiger partial charge in [0.1, 0.15) is 5.52 Å². The summed E-state index contributed by atoms with van der Waals surface area (Å²) in [6, 6.07) is 7.06. The molecule has 1 saturated carbocycles. The van der Waals surface area contributed by atoms with Gasteiger partial charge >= 0.3 is 5.97 Å². The summed E-state index contributed by atoms with van der Waals surface area (Å²) < 4.78 is 6.29. The van der Waals surface area contributed by atoms with Crippen molar-refractivity contribution in [3.05, 3.63) is 34.6 Å². The van der Waals surface area contributed by atoms with Crippen molar-refractivity contribution in [2.45, 2.75) is 57.7 Å². The highest BCUT2D eigenvalue weighted by atomic mass is 16.5. The van der Waals surface area contributed by atoms with Gasteiger partial charge in [-0.2, -0.15) is 0 Å². The number of nitrogens with zero attached hydrogens (tertiary/aromatic N) is 3. The van der Waals surface area contributed by atoms with Crippen molar-refractivity contribution in [3.8, 4) is 0 Å². The van der Waals surface area contributed by atoms with Crippen molar-refractivity contribution in [2.24, 2.45) is 0 Å². The summed E-state index contributed by atoms with van der Waals surface area (Å²) in [5, 5.41) is 11.1. The molecule has 0 spiro atoms. The molecule has 1 aromatic heterocycles. The molecule has 0 aliphatic heterocycles. The Morgan fingerprint density at radius 3 is 2.81 bits per heavy atom. The lowest BCUT2D eigenvalue weighted by atomic mass is 10.2. The molecule has 8 heteroatoms. The molecule has 1 N–H and O–H groups in total. The lowest BCUT2D eigenvalue weighted by Gasteiger charge is -2.17. The predicted octanol–water partition coefficient (Wildman–Crippen LogP) is 1.17. The first kappa shape index (κ1) is 18.0. The molecule has 1 aliphatic rings. The van der Waals surface area contributed by atoms with Gasteiger partial charge in [0.05, 0.1) is 18.4 Å². The van der Waals surface area contributed by atoms with Crippen LogP contribution in [0.3, 0.4) is 0 Å². The van der Waals surface area contributed by atoms with Gasteiger partial charge in [0, 0.05) is 6.04 Å². The van der Waals surface area contributed by atoms with Crippen LogP contribution in [0.25, 0.3) is 10.9 Å². The Balaban J connectivity index is 1.53. The lowest BCUT2D eigenvalue weighted by molar-refractivity contribution is -0.155. The van der Waals surface area contributed by atoms with Gasteiger partial charge in [-0.05, 0) is 31.9 Å². The minimum Gasteiger partial charge on any atom is -0.452 e. The van der Waals surface area contributed by atoms with Crippen LogP contribution in [-0.2, 0) is 20.9 Å². The molecular formula is C18H22N4O4. The summed E-state index contributed by atoms with van der Waals surface area (Å²) in [5.74, 6) is -0.839. The highest BCUT2D eigenvalue weighted by molar-refractivity contribution is 5.83. The fourth-order valence-electron chi connectivity index (χ4n) is 3.07. The summed E-state index contributed by atoms with van der Waals surface area (Å²) >= 11 is 0. The second-order valence-electron chi connectivity index (χ2n) is 6.51. The molecule has 138 valence electrons. The zero-order valence-corrected chi connectivity index (χ0v) is 14.7. The first-order valence-electron chi connectivity index (χ1n) is 8.87. The molecule has 0 saturated heterocycles. The zero-order chi connectivity index (χ0) is 18.5. The molecule has 3 rings (SSSR count). The van der Waals surface area contributed by atoms with Gasteiger partial charge in [0.2, 0.25) is 0 Å². The van der Waals surface area contributed by atoms with Gasteiger partial charge < -0.3 is 10.1 Å². The highest BCUT2D eigenvalue weighted by Gasteiger charge is 2.23. The maximum absolute atomic E-state index is 12.3. The topological polar surface area (TPSA) is 103 Å². The molecule has 8 nitrogen and oxygen atoms in total. The minimum absolute atomic E-state index is 0.0481. The van der Waals surface area contributed by atoms with Gasteiger partial charge in [0.15, 0.2) is 6.10 Å². The fraction of sp³-hybridized carbons (Fsp3) is 0.500. The summed E-state index contributed by atoms with van der Waals surface area (Å²) in [6.45, 7) is 1.59. The minimum atomic E-state index is -0.859. The Morgan fingerprint density at radius 1 is 1.31 bits per heavy atom. The van der Waals surface area contributed by atoms with Crippen molar-refractivity contribution >= 4 is 22.8 Å². The van der Waals surface area contributed by atoms with Crippen molar-refractivity contribution in [3.63, 3.8) is 0 Å². The van der Waals surface area contributed by atoms with Crippen LogP contribution in [0.5, 0.6) is 0 Å². The summed E-state index contributed by atoms with van der Waals surface area (Å²) in [5.41, 5.74) is 0.198. The molecule has 0 radical (unpaired) electrons. The number of esters is 1. The summed E-state index contributed by atoms with van der Waals surface area (Å²) in [7, 11) is 0. The van der Waals surface area contributed by atoms with Gasteiger partial charge in [-0.3, -0.25) is 14.4 Å². The van der Waals surface area contributed by atoms with E-state index in [4.69, 9.17) is 4.74 Å². The lowest BCUT2D eigenvalue weighted by Crippen LogP contribution is -2.41. The molecule has 2 aromatic rings. The Hall–Kier alpha value is -2.77. The Labute approximate surface area is 150 Å². The normalized spacial score (nSPS) is 15.7. The smallest absolute Gasteiger partial charge is 0.308 e. The average molecular weight is 358 g/mol. The molecule has 1 aromatic carbocycles. The number of aromatic nitrogens is 3. The molecule has 26 heavy (non-hydrogen) atoms. The quantitative estimate of drug-likeness (QED) is 0.778. The van der Waals surface area contributed by atoms with Gasteiger partial charge in [-0.25, -0.2) is 4.68 Å². The van der Waals surface area contributed by atoms with E-state index in [1.165, 1.54) is 0 Å². The molecule has 0 bridgehead atoms. The van der Waals surface area contributed by atoms with Crippen LogP contribution in [0.15, 0.2) is 29.1 Å². The van der Waals surface area contributed by atoms with Crippen LogP contribution < -0.4 is 10.9 Å². The van der Waals surface area contributed by atoms with Crippen molar-refractivity contribution < 1.29 is 14.3 Å². The number of carbonyl (C=O) groups is 2. The number of ether oxygens (including phenoxy) is 1. The SMILES string of the molecule is CC(OC(=O)CCn1nnc2ccccc2c1=O)C(=O)NC1CCCC1. The van der Waals surface area contributed by atoms with Crippen LogP contribution in [-0.4, -0.2) is 39.0 Å². The Morgan fingerprint density at radius 2 is 2.04 bits per heavy atom. The van der Waals surface area contributed by atoms with Gasteiger partial charge in [-0.1, -0.05) is 30.2 Å². The van der Waals surface area contributed by atoms with Crippen LogP contribution in [0, 0.1) is 0 Å². The number of benzene rings is 1. The number of hydrogen-bond acceptors (Lipinski definition) is 6. The highest BCUT2D eigenvalue weighted by Crippen LogP contribution is 2.17. The van der Waals surface area contributed by atoms with Crippen LogP contribution in [0.4, 0.5) is 0 Å². The molecule has 1 amide bonds. The van der Waals surface area contributed by atoms with Crippen LogP contribution in [0.2, 0.25) is 0 Å². The largest absolute Gasteiger partial charge is 0.452 e. The number of amides is 1. The fourth-order valence-corrected chi connectivity index (χ4v) is 3.07. The van der Waals surface area contributed by atoms with Gasteiger partial charge in [0.25, 0.3) is 11.5 Å². The third-order valence-corrected chi connectivity index (χ3v) is 4.54. The number of hydrogen-bond donors (Lipinski definition) is 1. The summed E-state index contributed by atoms with van der Waals surface area (Å²) in [4.78, 5) is 36.3. The number of fused-ring (bicyclic) bond motifs is 1. The van der Waals surface area contributed by atoms with E-state index in [2.05, 4.69) is 15.6 Å². The molecule has 1 atom stereocenters. The first-order valence-corrected chi connectivity index (χ1v) is 8.87. The van der Waals surface area contributed by atoms with E-state index in [-0.39, 0.29) is 30.5 Å². The second-order valence-corrected chi connectivity index (χ2v) is 6.51. The number of carbonyl (C=O) groups excluding carboxylic acids is 2. The molecule has 1 heterocycles. The van der Waals surface area contributed by atoms with E-state index >= 15 is 0 Å². The first-order chi connectivity index (χ1) is 12.5. The number of aryl methyl sites for hydroxylation is 1. The van der Waals surface area contributed by atoms with Gasteiger partial charge in [-0.15, -0.1) is 5.10 Å². The van der Waals surface area contributed by atoms with E-state index in [9.17, 15) is 14.4 Å². The van der Waals surface area contributed by atoms with Crippen molar-refractivity contribution in [1.82, 2.24) is 20.3 Å². The van der Waals surface area contributed by atoms with E-state index in [0.29, 0.717) is 10.9 Å². The number of rotatable bonds is 6. The monoisotopic (exact) mass is 358 g/mol. The summed E-state index contributed by atoms with van der Waals surface area (Å²) in [6.07, 6.45) is 3.24. The third kappa shape index (κ3) is 4.25. The third-order valence-electron chi connectivity index (χ3n) is 4.54. The average Bonchev–Trinajstić information content (AvgIpc) is 3.14. The van der Waals surface area contributed by atoms with E-state index in [1.54, 1.807) is 31.2 Å². The van der Waals surface area contributed by atoms with E-state index in [1.807, 2.05) is 0 Å². The van der Waals surface area contributed by atoms with Crippen molar-refractivity contribution in [1.29, 1.82) is 0 Å². The zero-order valence-electron chi connectivity index (χ0n) is 14.7. The Bertz CT molecular complexity index is 858. The molecular weight excluding hydrogens is 336 g/mol. The standard InChI is InChI=1S/C18H22N4O4/c1-12(17(24)19-13-6-2-3-7-13)26-16(23)10-11-22-18(25)14-8-4-5-9-15(14)20-21-22/h4-5,8-9,12-13H,2-3,6-7,10-11H2,1H3,(H,19,24). The van der Waals surface area contributed by atoms with Crippen molar-refractivity contribution in [2.75, 3.05) is 0 Å². The number of nitrogens with one attached hydrogen (secondary N) is 1. The van der Waals surface area contributed by atoms with E-state index < -0.39 is 12.1 Å². The molecule has 1 fully saturated rings. The van der Waals surface area contributed by atoms with Crippen LogP contribution in [0.1, 0.15) is 39.0 Å². The predicted molar refractivity (Wildman–Crippen MR) is 94.4 cm³/mol. The molecule has 1 aliphatic carbocycles. The molecule has 1 unspecified atom stereocenters.